The fraction of sp³-hybridized carbons (Fsp3) is 0.562. The molecule has 1 aromatic carbocycles. The molecule has 8 heteroatoms. The first-order chi connectivity index (χ1) is 11.6. The predicted molar refractivity (Wildman–Crippen MR) is 91.6 cm³/mol. The summed E-state index contributed by atoms with van der Waals surface area (Å²) in [5.74, 6) is -0.306. The van der Waals surface area contributed by atoms with Crippen LogP contribution in [0.2, 0.25) is 0 Å². The van der Waals surface area contributed by atoms with Crippen molar-refractivity contribution in [3.05, 3.63) is 33.9 Å². The fourth-order valence-corrected chi connectivity index (χ4v) is 2.70. The van der Waals surface area contributed by atoms with Crippen molar-refractivity contribution in [3.8, 4) is 0 Å². The molecule has 1 aliphatic heterocycles. The number of anilines is 1. The van der Waals surface area contributed by atoms with Gasteiger partial charge in [0.05, 0.1) is 11.5 Å². The number of hydrogen-bond donors (Lipinski definition) is 2. The van der Waals surface area contributed by atoms with E-state index in [1.54, 1.807) is 19.2 Å². The van der Waals surface area contributed by atoms with Gasteiger partial charge in [-0.2, -0.15) is 0 Å². The molecule has 0 radical (unpaired) electrons. The van der Waals surface area contributed by atoms with E-state index in [9.17, 15) is 14.9 Å². The lowest BCUT2D eigenvalue weighted by Gasteiger charge is -2.17. The number of carbonyl (C=O) groups excluding carboxylic acids is 1. The molecule has 1 amide bonds. The maximum absolute atomic E-state index is 12.1. The van der Waals surface area contributed by atoms with Crippen LogP contribution in [-0.2, 0) is 4.74 Å². The molecule has 2 N–H and O–H groups in total. The summed E-state index contributed by atoms with van der Waals surface area (Å²) in [5.41, 5.74) is 0.889. The molecule has 0 spiro atoms. The summed E-state index contributed by atoms with van der Waals surface area (Å²) < 4.78 is 4.91. The van der Waals surface area contributed by atoms with Crippen LogP contribution in [-0.4, -0.2) is 57.3 Å². The summed E-state index contributed by atoms with van der Waals surface area (Å²) in [6.07, 6.45) is 2.07. The van der Waals surface area contributed by atoms with Crippen molar-refractivity contribution in [3.63, 3.8) is 0 Å². The Labute approximate surface area is 141 Å². The third-order valence-corrected chi connectivity index (χ3v) is 3.95. The number of rotatable bonds is 9. The van der Waals surface area contributed by atoms with E-state index in [1.807, 2.05) is 4.90 Å². The van der Waals surface area contributed by atoms with Gasteiger partial charge in [0.15, 0.2) is 0 Å². The zero-order valence-corrected chi connectivity index (χ0v) is 13.9. The van der Waals surface area contributed by atoms with E-state index >= 15 is 0 Å². The molecule has 8 nitrogen and oxygen atoms in total. The highest BCUT2D eigenvalue weighted by molar-refractivity contribution is 5.95. The number of hydrogen-bond acceptors (Lipinski definition) is 6. The third kappa shape index (κ3) is 4.90. The second kappa shape index (κ2) is 9.19. The van der Waals surface area contributed by atoms with Gasteiger partial charge >= 0.3 is 0 Å². The highest BCUT2D eigenvalue weighted by Gasteiger charge is 2.23. The van der Waals surface area contributed by atoms with Gasteiger partial charge in [0, 0.05) is 51.5 Å². The molecule has 1 heterocycles. The topological polar surface area (TPSA) is 96.7 Å². The summed E-state index contributed by atoms with van der Waals surface area (Å²) in [6, 6.07) is 4.69. The lowest BCUT2D eigenvalue weighted by atomic mass is 10.1. The van der Waals surface area contributed by atoms with Crippen LogP contribution in [0.4, 0.5) is 11.4 Å². The number of carbonyl (C=O) groups is 1. The minimum absolute atomic E-state index is 0.0113. The average molecular weight is 336 g/mol. The third-order valence-electron chi connectivity index (χ3n) is 3.95. The first-order valence-electron chi connectivity index (χ1n) is 8.14. The van der Waals surface area contributed by atoms with Gasteiger partial charge < -0.3 is 20.3 Å². The molecule has 1 aromatic rings. The molecule has 1 fully saturated rings. The normalized spacial score (nSPS) is 14.0. The number of nitro groups is 1. The number of benzene rings is 1. The van der Waals surface area contributed by atoms with Gasteiger partial charge in [0.2, 0.25) is 0 Å². The monoisotopic (exact) mass is 336 g/mol. The van der Waals surface area contributed by atoms with Crippen LogP contribution in [0.25, 0.3) is 0 Å². The molecule has 2 rings (SSSR count). The Kier molecular flexibility index (Phi) is 6.95. The summed E-state index contributed by atoms with van der Waals surface area (Å²) in [4.78, 5) is 25.1. The van der Waals surface area contributed by atoms with Crippen LogP contribution in [0, 0.1) is 10.1 Å². The van der Waals surface area contributed by atoms with Gasteiger partial charge in [-0.05, 0) is 25.0 Å². The molecule has 0 saturated carbocycles. The molecule has 0 unspecified atom stereocenters. The minimum atomic E-state index is -0.420. The van der Waals surface area contributed by atoms with E-state index in [4.69, 9.17) is 4.74 Å². The second-order valence-electron chi connectivity index (χ2n) is 5.65. The average Bonchev–Trinajstić information content (AvgIpc) is 3.11. The molecular formula is C16H24N4O4. The first-order valence-corrected chi connectivity index (χ1v) is 8.14. The zero-order valence-electron chi connectivity index (χ0n) is 13.9. The van der Waals surface area contributed by atoms with Crippen molar-refractivity contribution < 1.29 is 14.5 Å². The summed E-state index contributed by atoms with van der Waals surface area (Å²) >= 11 is 0. The summed E-state index contributed by atoms with van der Waals surface area (Å²) in [7, 11) is 1.63. The first kappa shape index (κ1) is 18.2. The van der Waals surface area contributed by atoms with Crippen LogP contribution < -0.4 is 15.5 Å². The van der Waals surface area contributed by atoms with E-state index in [-0.39, 0.29) is 11.6 Å². The largest absolute Gasteiger partial charge is 0.383 e. The molecular weight excluding hydrogens is 312 g/mol. The summed E-state index contributed by atoms with van der Waals surface area (Å²) in [6.45, 7) is 4.02. The van der Waals surface area contributed by atoms with Gasteiger partial charge in [0.25, 0.3) is 11.6 Å². The second-order valence-corrected chi connectivity index (χ2v) is 5.65. The Bertz CT molecular complexity index is 573. The van der Waals surface area contributed by atoms with Gasteiger partial charge in [0.1, 0.15) is 5.69 Å². The van der Waals surface area contributed by atoms with Crippen LogP contribution in [0.15, 0.2) is 18.2 Å². The van der Waals surface area contributed by atoms with Crippen LogP contribution in [0.3, 0.4) is 0 Å². The molecule has 0 atom stereocenters. The van der Waals surface area contributed by atoms with Crippen molar-refractivity contribution in [2.45, 2.75) is 12.8 Å². The number of ether oxygens (including phenoxy) is 1. The number of nitro benzene ring substituents is 1. The zero-order chi connectivity index (χ0) is 17.4. The fourth-order valence-electron chi connectivity index (χ4n) is 2.70. The SMILES string of the molecule is COCCNCCNC(=O)c1ccc(N2CCCC2)c([N+](=O)[O-])c1. The maximum atomic E-state index is 12.1. The predicted octanol–water partition coefficient (Wildman–Crippen LogP) is 1.16. The van der Waals surface area contributed by atoms with Crippen LogP contribution >= 0.6 is 0 Å². The smallest absolute Gasteiger partial charge is 0.293 e. The molecule has 1 saturated heterocycles. The van der Waals surface area contributed by atoms with Gasteiger partial charge in [-0.15, -0.1) is 0 Å². The molecule has 0 aliphatic carbocycles. The van der Waals surface area contributed by atoms with E-state index in [0.29, 0.717) is 37.5 Å². The van der Waals surface area contributed by atoms with Crippen molar-refractivity contribution in [1.82, 2.24) is 10.6 Å². The molecule has 0 aromatic heterocycles. The van der Waals surface area contributed by atoms with Crippen molar-refractivity contribution in [2.75, 3.05) is 51.3 Å². The van der Waals surface area contributed by atoms with Gasteiger partial charge in [-0.25, -0.2) is 0 Å². The molecule has 132 valence electrons. The van der Waals surface area contributed by atoms with Gasteiger partial charge in [-0.3, -0.25) is 14.9 Å². The van der Waals surface area contributed by atoms with Gasteiger partial charge in [-0.1, -0.05) is 0 Å². The van der Waals surface area contributed by atoms with Crippen LogP contribution in [0.1, 0.15) is 23.2 Å². The Morgan fingerprint density at radius 1 is 1.29 bits per heavy atom. The molecule has 1 aliphatic rings. The minimum Gasteiger partial charge on any atom is -0.383 e. The lowest BCUT2D eigenvalue weighted by Crippen LogP contribution is -2.33. The van der Waals surface area contributed by atoms with E-state index in [1.165, 1.54) is 6.07 Å². The molecule has 24 heavy (non-hydrogen) atoms. The van der Waals surface area contributed by atoms with Crippen molar-refractivity contribution in [1.29, 1.82) is 0 Å². The molecule has 0 bridgehead atoms. The van der Waals surface area contributed by atoms with Crippen molar-refractivity contribution in [2.24, 2.45) is 0 Å². The maximum Gasteiger partial charge on any atom is 0.293 e. The quantitative estimate of drug-likeness (QED) is 0.399. The number of nitrogens with one attached hydrogen (secondary N) is 2. The Hall–Kier alpha value is -2.19. The Balaban J connectivity index is 1.96. The highest BCUT2D eigenvalue weighted by atomic mass is 16.6. The van der Waals surface area contributed by atoms with E-state index in [2.05, 4.69) is 10.6 Å². The number of methoxy groups -OCH3 is 1. The Morgan fingerprint density at radius 3 is 2.71 bits per heavy atom. The Morgan fingerprint density at radius 2 is 2.04 bits per heavy atom. The standard InChI is InChI=1S/C16H24N4O4/c1-24-11-8-17-6-7-18-16(21)13-4-5-14(15(12-13)20(22)23)19-9-2-3-10-19/h4-5,12,17H,2-3,6-11H2,1H3,(H,18,21). The lowest BCUT2D eigenvalue weighted by molar-refractivity contribution is -0.384. The number of amides is 1. The van der Waals surface area contributed by atoms with Crippen LogP contribution in [0.5, 0.6) is 0 Å². The number of nitrogens with zero attached hydrogens (tertiary/aromatic N) is 2. The summed E-state index contributed by atoms with van der Waals surface area (Å²) in [5, 5.41) is 17.2. The highest BCUT2D eigenvalue weighted by Crippen LogP contribution is 2.31. The van der Waals surface area contributed by atoms with Crippen molar-refractivity contribution >= 4 is 17.3 Å². The van der Waals surface area contributed by atoms with E-state index < -0.39 is 4.92 Å². The van der Waals surface area contributed by atoms with E-state index in [0.717, 1.165) is 25.9 Å².